The van der Waals surface area contributed by atoms with E-state index >= 15 is 0 Å². The number of ether oxygens (including phenoxy) is 1. The fourth-order valence-corrected chi connectivity index (χ4v) is 3.18. The van der Waals surface area contributed by atoms with Crippen molar-refractivity contribution < 1.29 is 9.53 Å². The normalized spacial score (nSPS) is 17.7. The van der Waals surface area contributed by atoms with E-state index in [0.29, 0.717) is 25.0 Å². The summed E-state index contributed by atoms with van der Waals surface area (Å²) >= 11 is 1.65. The van der Waals surface area contributed by atoms with E-state index in [9.17, 15) is 4.79 Å². The molecule has 1 saturated heterocycles. The number of amides is 2. The van der Waals surface area contributed by atoms with Gasteiger partial charge in [-0.3, -0.25) is 4.90 Å². The number of urea groups is 1. The number of nitrogens with zero attached hydrogens (tertiary/aromatic N) is 1. The van der Waals surface area contributed by atoms with Gasteiger partial charge in [-0.1, -0.05) is 19.9 Å². The Morgan fingerprint density at radius 3 is 2.76 bits per heavy atom. The summed E-state index contributed by atoms with van der Waals surface area (Å²) in [5.41, 5.74) is 0. The molecule has 118 valence electrons. The molecule has 2 N–H and O–H groups in total. The minimum absolute atomic E-state index is 0.0951. The molecule has 2 amide bonds. The number of rotatable bonds is 6. The highest BCUT2D eigenvalue weighted by atomic mass is 32.1. The first kappa shape index (κ1) is 16.3. The fourth-order valence-electron chi connectivity index (χ4n) is 2.54. The van der Waals surface area contributed by atoms with E-state index < -0.39 is 0 Å². The van der Waals surface area contributed by atoms with Crippen LogP contribution in [0.15, 0.2) is 17.5 Å². The average molecular weight is 311 g/mol. The molecule has 0 aromatic carbocycles. The van der Waals surface area contributed by atoms with E-state index in [0.717, 1.165) is 26.3 Å². The number of carbonyl (C=O) groups excluding carboxylic acids is 1. The van der Waals surface area contributed by atoms with Crippen LogP contribution in [0.1, 0.15) is 18.7 Å². The lowest BCUT2D eigenvalue weighted by Crippen LogP contribution is -2.52. The molecule has 1 aliphatic heterocycles. The minimum atomic E-state index is -0.0951. The standard InChI is InChI=1S/C15H25N3O2S/c1-12(2)14(18-5-7-20-8-6-18)11-17-15(19)16-10-13-4-3-9-21-13/h3-4,9,12,14H,5-8,10-11H2,1-2H3,(H2,16,17,19). The summed E-state index contributed by atoms with van der Waals surface area (Å²) in [5.74, 6) is 0.501. The van der Waals surface area contributed by atoms with E-state index in [1.54, 1.807) is 11.3 Å². The van der Waals surface area contributed by atoms with Gasteiger partial charge in [0.1, 0.15) is 0 Å². The average Bonchev–Trinajstić information content (AvgIpc) is 2.99. The number of morpholine rings is 1. The van der Waals surface area contributed by atoms with Gasteiger partial charge in [0, 0.05) is 30.6 Å². The highest BCUT2D eigenvalue weighted by Crippen LogP contribution is 2.12. The molecule has 0 spiro atoms. The van der Waals surface area contributed by atoms with Gasteiger partial charge in [0.25, 0.3) is 0 Å². The summed E-state index contributed by atoms with van der Waals surface area (Å²) < 4.78 is 5.39. The molecule has 1 unspecified atom stereocenters. The van der Waals surface area contributed by atoms with E-state index in [1.165, 1.54) is 4.88 Å². The van der Waals surface area contributed by atoms with Crippen LogP contribution in [0.4, 0.5) is 4.79 Å². The first-order valence-electron chi connectivity index (χ1n) is 7.52. The second kappa shape index (κ2) is 8.36. The van der Waals surface area contributed by atoms with Crippen molar-refractivity contribution in [3.05, 3.63) is 22.4 Å². The van der Waals surface area contributed by atoms with Crippen LogP contribution in [0, 0.1) is 5.92 Å². The lowest BCUT2D eigenvalue weighted by molar-refractivity contribution is 0.00719. The van der Waals surface area contributed by atoms with Gasteiger partial charge in [-0.2, -0.15) is 0 Å². The Balaban J connectivity index is 1.74. The third-order valence-electron chi connectivity index (χ3n) is 3.76. The molecule has 0 aliphatic carbocycles. The zero-order valence-corrected chi connectivity index (χ0v) is 13.6. The van der Waals surface area contributed by atoms with E-state index in [2.05, 4.69) is 29.4 Å². The smallest absolute Gasteiger partial charge is 0.315 e. The van der Waals surface area contributed by atoms with Crippen molar-refractivity contribution in [3.63, 3.8) is 0 Å². The highest BCUT2D eigenvalue weighted by Gasteiger charge is 2.24. The van der Waals surface area contributed by atoms with Crippen LogP contribution < -0.4 is 10.6 Å². The van der Waals surface area contributed by atoms with Gasteiger partial charge in [0.05, 0.1) is 19.8 Å². The topological polar surface area (TPSA) is 53.6 Å². The maximum Gasteiger partial charge on any atom is 0.315 e. The second-order valence-corrected chi connectivity index (χ2v) is 6.63. The molecule has 2 rings (SSSR count). The number of nitrogens with one attached hydrogen (secondary N) is 2. The SMILES string of the molecule is CC(C)C(CNC(=O)NCc1cccs1)N1CCOCC1. The van der Waals surface area contributed by atoms with Gasteiger partial charge < -0.3 is 15.4 Å². The molecule has 1 aliphatic rings. The second-order valence-electron chi connectivity index (χ2n) is 5.60. The summed E-state index contributed by atoms with van der Waals surface area (Å²) in [4.78, 5) is 15.5. The Morgan fingerprint density at radius 2 is 2.14 bits per heavy atom. The van der Waals surface area contributed by atoms with Gasteiger partial charge in [-0.25, -0.2) is 4.79 Å². The molecule has 1 fully saturated rings. The molecule has 1 atom stereocenters. The predicted octanol–water partition coefficient (Wildman–Crippen LogP) is 1.90. The van der Waals surface area contributed by atoms with Crippen molar-refractivity contribution in [2.24, 2.45) is 5.92 Å². The lowest BCUT2D eigenvalue weighted by Gasteiger charge is -2.36. The van der Waals surface area contributed by atoms with Crippen LogP contribution >= 0.6 is 11.3 Å². The number of carbonyl (C=O) groups is 1. The van der Waals surface area contributed by atoms with Gasteiger partial charge in [-0.15, -0.1) is 11.3 Å². The third kappa shape index (κ3) is 5.30. The van der Waals surface area contributed by atoms with Crippen LogP contribution in [0.2, 0.25) is 0 Å². The van der Waals surface area contributed by atoms with E-state index in [-0.39, 0.29) is 6.03 Å². The maximum absolute atomic E-state index is 11.9. The van der Waals surface area contributed by atoms with Crippen molar-refractivity contribution in [3.8, 4) is 0 Å². The molecule has 0 saturated carbocycles. The minimum Gasteiger partial charge on any atom is -0.379 e. The lowest BCUT2D eigenvalue weighted by atomic mass is 10.0. The van der Waals surface area contributed by atoms with Gasteiger partial charge in [0.15, 0.2) is 0 Å². The summed E-state index contributed by atoms with van der Waals surface area (Å²) in [6, 6.07) is 4.28. The molecule has 0 bridgehead atoms. The third-order valence-corrected chi connectivity index (χ3v) is 4.64. The summed E-state index contributed by atoms with van der Waals surface area (Å²) in [6.07, 6.45) is 0. The zero-order chi connectivity index (χ0) is 15.1. The number of hydrogen-bond acceptors (Lipinski definition) is 4. The first-order valence-corrected chi connectivity index (χ1v) is 8.40. The first-order chi connectivity index (χ1) is 10.2. The van der Waals surface area contributed by atoms with Crippen molar-refractivity contribution in [2.75, 3.05) is 32.8 Å². The summed E-state index contributed by atoms with van der Waals surface area (Å²) in [6.45, 7) is 9.13. The van der Waals surface area contributed by atoms with Crippen molar-refractivity contribution >= 4 is 17.4 Å². The van der Waals surface area contributed by atoms with Crippen molar-refractivity contribution in [1.82, 2.24) is 15.5 Å². The van der Waals surface area contributed by atoms with Gasteiger partial charge in [0.2, 0.25) is 0 Å². The highest BCUT2D eigenvalue weighted by molar-refractivity contribution is 7.09. The van der Waals surface area contributed by atoms with Crippen LogP contribution in [-0.4, -0.2) is 49.8 Å². The Kier molecular flexibility index (Phi) is 6.48. The van der Waals surface area contributed by atoms with Crippen LogP contribution in [0.25, 0.3) is 0 Å². The van der Waals surface area contributed by atoms with Crippen LogP contribution in [0.5, 0.6) is 0 Å². The molecule has 1 aromatic rings. The summed E-state index contributed by atoms with van der Waals surface area (Å²) in [5, 5.41) is 7.91. The maximum atomic E-state index is 11.9. The quantitative estimate of drug-likeness (QED) is 0.844. The van der Waals surface area contributed by atoms with E-state index in [1.807, 2.05) is 17.5 Å². The van der Waals surface area contributed by atoms with Crippen LogP contribution in [-0.2, 0) is 11.3 Å². The molecule has 2 heterocycles. The van der Waals surface area contributed by atoms with E-state index in [4.69, 9.17) is 4.74 Å². The zero-order valence-electron chi connectivity index (χ0n) is 12.8. The Bertz CT molecular complexity index is 417. The van der Waals surface area contributed by atoms with Crippen LogP contribution in [0.3, 0.4) is 0 Å². The number of hydrogen-bond donors (Lipinski definition) is 2. The number of thiophene rings is 1. The van der Waals surface area contributed by atoms with Gasteiger partial charge >= 0.3 is 6.03 Å². The molecule has 6 heteroatoms. The Hall–Kier alpha value is -1.11. The molecule has 0 radical (unpaired) electrons. The van der Waals surface area contributed by atoms with Crippen molar-refractivity contribution in [1.29, 1.82) is 0 Å². The van der Waals surface area contributed by atoms with Crippen molar-refractivity contribution in [2.45, 2.75) is 26.4 Å². The fraction of sp³-hybridized carbons (Fsp3) is 0.667. The molecule has 21 heavy (non-hydrogen) atoms. The summed E-state index contributed by atoms with van der Waals surface area (Å²) in [7, 11) is 0. The molecular formula is C15H25N3O2S. The Morgan fingerprint density at radius 1 is 1.38 bits per heavy atom. The molecule has 5 nitrogen and oxygen atoms in total. The Labute approximate surface area is 130 Å². The molecular weight excluding hydrogens is 286 g/mol. The predicted molar refractivity (Wildman–Crippen MR) is 85.6 cm³/mol. The largest absolute Gasteiger partial charge is 0.379 e. The molecule has 1 aromatic heterocycles. The van der Waals surface area contributed by atoms with Gasteiger partial charge in [-0.05, 0) is 17.4 Å². The monoisotopic (exact) mass is 311 g/mol.